The summed E-state index contributed by atoms with van der Waals surface area (Å²) in [6.07, 6.45) is 3.55. The van der Waals surface area contributed by atoms with E-state index in [2.05, 4.69) is 45.9 Å². The van der Waals surface area contributed by atoms with Gasteiger partial charge in [-0.2, -0.15) is 0 Å². The third-order valence-corrected chi connectivity index (χ3v) is 3.72. The van der Waals surface area contributed by atoms with Crippen molar-refractivity contribution in [2.75, 3.05) is 7.11 Å². The lowest BCUT2D eigenvalue weighted by Crippen LogP contribution is -2.08. The quantitative estimate of drug-likeness (QED) is 0.681. The lowest BCUT2D eigenvalue weighted by Gasteiger charge is -2.26. The van der Waals surface area contributed by atoms with Gasteiger partial charge in [0.2, 0.25) is 0 Å². The molecule has 1 aliphatic rings. The Balaban J connectivity index is 2.58. The topological polar surface area (TPSA) is 9.23 Å². The molecule has 0 heterocycles. The molecule has 1 aromatic rings. The molecule has 0 bridgehead atoms. The SMILES string of the molecule is CO[13c]1cc2c(cc1C)C(C(C)[13CH3])=C[13CH2][C@@H]2C. The zero-order chi connectivity index (χ0) is 12.6. The summed E-state index contributed by atoms with van der Waals surface area (Å²) in [5, 5.41) is 0. The van der Waals surface area contributed by atoms with E-state index >= 15 is 0 Å². The lowest BCUT2D eigenvalue weighted by molar-refractivity contribution is 0.410. The Morgan fingerprint density at radius 3 is 2.59 bits per heavy atom. The molecule has 0 aromatic heterocycles. The summed E-state index contributed by atoms with van der Waals surface area (Å²) in [6, 6.07) is 4.51. The van der Waals surface area contributed by atoms with Gasteiger partial charge in [0.15, 0.2) is 0 Å². The van der Waals surface area contributed by atoms with Crippen molar-refractivity contribution < 1.29 is 4.74 Å². The van der Waals surface area contributed by atoms with Gasteiger partial charge in [-0.25, -0.2) is 0 Å². The second-order valence-corrected chi connectivity index (χ2v) is 5.36. The van der Waals surface area contributed by atoms with Crippen LogP contribution in [0.15, 0.2) is 18.2 Å². The van der Waals surface area contributed by atoms with Crippen molar-refractivity contribution in [1.29, 1.82) is 0 Å². The molecule has 0 radical (unpaired) electrons. The van der Waals surface area contributed by atoms with Gasteiger partial charge in [0.1, 0.15) is 5.75 Å². The van der Waals surface area contributed by atoms with E-state index < -0.39 is 0 Å². The highest BCUT2D eigenvalue weighted by atomic mass is 16.5. The van der Waals surface area contributed by atoms with Gasteiger partial charge in [0, 0.05) is 0 Å². The largest absolute Gasteiger partial charge is 0.496 e. The molecular weight excluding hydrogens is 211 g/mol. The van der Waals surface area contributed by atoms with Gasteiger partial charge >= 0.3 is 0 Å². The molecule has 0 saturated carbocycles. The first-order valence-electron chi connectivity index (χ1n) is 6.43. The van der Waals surface area contributed by atoms with Crippen LogP contribution in [0.4, 0.5) is 0 Å². The number of aryl methyl sites for hydroxylation is 1. The summed E-state index contributed by atoms with van der Waals surface area (Å²) in [4.78, 5) is 0. The summed E-state index contributed by atoms with van der Waals surface area (Å²) in [6.45, 7) is 8.95. The van der Waals surface area contributed by atoms with Gasteiger partial charge in [-0.15, -0.1) is 0 Å². The molecule has 0 fully saturated rings. The number of methoxy groups -OCH3 is 1. The Bertz CT molecular complexity index is 455. The Kier molecular flexibility index (Phi) is 3.28. The van der Waals surface area contributed by atoms with Gasteiger partial charge in [-0.05, 0) is 59.6 Å². The van der Waals surface area contributed by atoms with Crippen molar-refractivity contribution in [2.24, 2.45) is 5.92 Å². The zero-order valence-electron chi connectivity index (χ0n) is 11.5. The predicted octanol–water partition coefficient (Wildman–Crippen LogP) is 4.55. The smallest absolute Gasteiger partial charge is 0.122 e. The highest BCUT2D eigenvalue weighted by molar-refractivity contribution is 5.73. The number of rotatable bonds is 2. The first kappa shape index (κ1) is 12.2. The standard InChI is InChI=1S/C16H22O/c1-10(2)13-7-6-11(3)14-9-16(17-5)12(4)8-15(13)14/h7-11H,6H2,1-5H3/t11-/m0/s1/i1+1,6+1,16+1/t10?,11-. The van der Waals surface area contributed by atoms with Crippen LogP contribution in [-0.2, 0) is 0 Å². The second kappa shape index (κ2) is 4.56. The molecule has 17 heavy (non-hydrogen) atoms. The summed E-state index contributed by atoms with van der Waals surface area (Å²) >= 11 is 0. The Morgan fingerprint density at radius 2 is 2.00 bits per heavy atom. The Hall–Kier alpha value is -1.24. The molecule has 0 N–H and O–H groups in total. The molecule has 1 aromatic carbocycles. The molecule has 1 unspecified atom stereocenters. The van der Waals surface area contributed by atoms with Crippen molar-refractivity contribution in [3.05, 3.63) is 34.9 Å². The monoisotopic (exact) mass is 233 g/mol. The first-order chi connectivity index (χ1) is 8.04. The molecule has 1 aliphatic carbocycles. The summed E-state index contributed by atoms with van der Waals surface area (Å²) < 4.78 is 5.44. The van der Waals surface area contributed by atoms with Gasteiger partial charge in [0.25, 0.3) is 0 Å². The van der Waals surface area contributed by atoms with Crippen LogP contribution >= 0.6 is 0 Å². The maximum atomic E-state index is 5.44. The number of hydrogen-bond donors (Lipinski definition) is 0. The Morgan fingerprint density at radius 1 is 1.29 bits per heavy atom. The minimum atomic E-state index is 0.592. The number of hydrogen-bond acceptors (Lipinski definition) is 1. The van der Waals surface area contributed by atoms with E-state index in [1.54, 1.807) is 7.11 Å². The highest BCUT2D eigenvalue weighted by Gasteiger charge is 2.21. The zero-order valence-corrected chi connectivity index (χ0v) is 11.5. The fourth-order valence-electron chi connectivity index (χ4n) is 2.67. The van der Waals surface area contributed by atoms with Crippen LogP contribution < -0.4 is 4.74 Å². The van der Waals surface area contributed by atoms with Crippen molar-refractivity contribution >= 4 is 5.57 Å². The first-order valence-corrected chi connectivity index (χ1v) is 6.43. The van der Waals surface area contributed by atoms with Crippen LogP contribution in [0.5, 0.6) is 5.75 Å². The number of fused-ring (bicyclic) bond motifs is 1. The summed E-state index contributed by atoms with van der Waals surface area (Å²) in [5.74, 6) is 2.21. The number of benzene rings is 1. The number of ether oxygens (including phenoxy) is 1. The molecule has 2 atom stereocenters. The Labute approximate surface area is 104 Å². The predicted molar refractivity (Wildman–Crippen MR) is 73.6 cm³/mol. The molecule has 92 valence electrons. The van der Waals surface area contributed by atoms with Crippen molar-refractivity contribution in [3.8, 4) is 5.75 Å². The summed E-state index contributed by atoms with van der Waals surface area (Å²) in [5.41, 5.74) is 5.59. The van der Waals surface area contributed by atoms with E-state index in [-0.39, 0.29) is 0 Å². The minimum absolute atomic E-state index is 0.592. The average molecular weight is 233 g/mol. The van der Waals surface area contributed by atoms with Crippen LogP contribution in [0.2, 0.25) is 0 Å². The molecule has 0 spiro atoms. The van der Waals surface area contributed by atoms with Gasteiger partial charge in [-0.3, -0.25) is 0 Å². The van der Waals surface area contributed by atoms with Crippen LogP contribution in [0.1, 0.15) is 49.8 Å². The highest BCUT2D eigenvalue weighted by Crippen LogP contribution is 2.40. The molecule has 1 heteroatoms. The van der Waals surface area contributed by atoms with Gasteiger partial charge < -0.3 is 4.74 Å². The van der Waals surface area contributed by atoms with Crippen LogP contribution in [0.3, 0.4) is 0 Å². The number of allylic oxidation sites excluding steroid dienone is 2. The van der Waals surface area contributed by atoms with E-state index in [9.17, 15) is 0 Å². The summed E-state index contributed by atoms with van der Waals surface area (Å²) in [7, 11) is 1.75. The third kappa shape index (κ3) is 2.11. The van der Waals surface area contributed by atoms with E-state index in [1.807, 2.05) is 0 Å². The van der Waals surface area contributed by atoms with E-state index in [0.29, 0.717) is 11.8 Å². The molecule has 0 saturated heterocycles. The second-order valence-electron chi connectivity index (χ2n) is 5.36. The third-order valence-electron chi connectivity index (χ3n) is 3.72. The maximum Gasteiger partial charge on any atom is 0.122 e. The van der Waals surface area contributed by atoms with Crippen LogP contribution in [0.25, 0.3) is 5.57 Å². The molecule has 1 nitrogen and oxygen atoms in total. The average Bonchev–Trinajstić information content (AvgIpc) is 2.28. The fraction of sp³-hybridized carbons (Fsp3) is 0.500. The van der Waals surface area contributed by atoms with Crippen molar-refractivity contribution in [1.82, 2.24) is 0 Å². The molecule has 0 amide bonds. The maximum absolute atomic E-state index is 5.44. The minimum Gasteiger partial charge on any atom is -0.496 e. The molecular formula is C16H22O. The normalized spacial score (nSPS) is 20.5. The lowest BCUT2D eigenvalue weighted by atomic mass is 9.87. The van der Waals surface area contributed by atoms with Crippen molar-refractivity contribution in [3.63, 3.8) is 0 Å². The van der Waals surface area contributed by atoms with E-state index in [4.69, 9.17) is 4.74 Å². The van der Waals surface area contributed by atoms with Crippen molar-refractivity contribution in [2.45, 2.75) is 40.0 Å². The fourth-order valence-corrected chi connectivity index (χ4v) is 2.67. The molecule has 2 rings (SSSR count). The molecule has 0 aliphatic heterocycles. The van der Waals surface area contributed by atoms with Gasteiger partial charge in [0.05, 0.1) is 7.11 Å². The van der Waals surface area contributed by atoms with Crippen LogP contribution in [-0.4, -0.2) is 7.11 Å². The van der Waals surface area contributed by atoms with E-state index in [0.717, 1.165) is 12.2 Å². The van der Waals surface area contributed by atoms with Crippen LogP contribution in [0, 0.1) is 12.8 Å². The van der Waals surface area contributed by atoms with E-state index in [1.165, 1.54) is 22.3 Å². The van der Waals surface area contributed by atoms with Gasteiger partial charge in [-0.1, -0.05) is 26.8 Å².